The zero-order valence-corrected chi connectivity index (χ0v) is 11.0. The molecule has 2 unspecified atom stereocenters. The van der Waals surface area contributed by atoms with Crippen molar-refractivity contribution in [3.05, 3.63) is 35.6 Å². The fourth-order valence-electron chi connectivity index (χ4n) is 2.60. The second-order valence-corrected chi connectivity index (χ2v) is 5.23. The molecular formula is C15H20FNO. The molecule has 0 amide bonds. The van der Waals surface area contributed by atoms with E-state index in [1.165, 1.54) is 12.5 Å². The third-order valence-corrected chi connectivity index (χ3v) is 4.03. The minimum atomic E-state index is -0.416. The monoisotopic (exact) mass is 249 g/mol. The Balaban J connectivity index is 2.05. The number of nitrogens with zero attached hydrogens (tertiary/aromatic N) is 1. The van der Waals surface area contributed by atoms with Gasteiger partial charge in [0, 0.05) is 6.04 Å². The molecule has 2 nitrogen and oxygen atoms in total. The van der Waals surface area contributed by atoms with Crippen LogP contribution in [0.3, 0.4) is 0 Å². The average Bonchev–Trinajstić information content (AvgIpc) is 2.35. The summed E-state index contributed by atoms with van der Waals surface area (Å²) in [6, 6.07) is 6.62. The van der Waals surface area contributed by atoms with E-state index in [4.69, 9.17) is 0 Å². The molecule has 1 saturated heterocycles. The summed E-state index contributed by atoms with van der Waals surface area (Å²) in [5.41, 5.74) is 0.211. The standard InChI is InChI=1S/C15H20FNO/c1-11-6-5-9-17(12(11)2)10-15(18)13-7-3-4-8-14(13)16/h3-4,7-8,11-12H,5-6,9-10H2,1-2H3. The number of carbonyl (C=O) groups excluding carboxylic acids is 1. The maximum Gasteiger partial charge on any atom is 0.179 e. The van der Waals surface area contributed by atoms with Gasteiger partial charge in [0.25, 0.3) is 0 Å². The average molecular weight is 249 g/mol. The van der Waals surface area contributed by atoms with Crippen LogP contribution in [-0.2, 0) is 0 Å². The number of carbonyl (C=O) groups is 1. The van der Waals surface area contributed by atoms with Crippen LogP contribution < -0.4 is 0 Å². The van der Waals surface area contributed by atoms with E-state index in [0.717, 1.165) is 13.0 Å². The second-order valence-electron chi connectivity index (χ2n) is 5.23. The smallest absolute Gasteiger partial charge is 0.179 e. The Morgan fingerprint density at radius 1 is 1.39 bits per heavy atom. The van der Waals surface area contributed by atoms with Gasteiger partial charge in [-0.05, 0) is 44.4 Å². The van der Waals surface area contributed by atoms with E-state index in [-0.39, 0.29) is 11.3 Å². The Hall–Kier alpha value is -1.22. The molecule has 0 aromatic heterocycles. The first-order chi connectivity index (χ1) is 8.59. The molecule has 2 atom stereocenters. The first-order valence-electron chi connectivity index (χ1n) is 6.61. The fourth-order valence-corrected chi connectivity index (χ4v) is 2.60. The zero-order valence-electron chi connectivity index (χ0n) is 11.0. The van der Waals surface area contributed by atoms with Gasteiger partial charge in [0.15, 0.2) is 5.78 Å². The molecule has 1 aliphatic rings. The van der Waals surface area contributed by atoms with Crippen LogP contribution in [0.2, 0.25) is 0 Å². The summed E-state index contributed by atoms with van der Waals surface area (Å²) in [5.74, 6) is 0.0708. The van der Waals surface area contributed by atoms with E-state index in [1.54, 1.807) is 18.2 Å². The van der Waals surface area contributed by atoms with Gasteiger partial charge in [-0.15, -0.1) is 0 Å². The van der Waals surface area contributed by atoms with Crippen LogP contribution in [-0.4, -0.2) is 29.8 Å². The number of Topliss-reactive ketones (excluding diaryl/α,β-unsaturated/α-hetero) is 1. The van der Waals surface area contributed by atoms with Crippen molar-refractivity contribution < 1.29 is 9.18 Å². The van der Waals surface area contributed by atoms with Crippen molar-refractivity contribution in [3.8, 4) is 0 Å². The predicted octanol–water partition coefficient (Wildman–Crippen LogP) is 3.13. The number of halogens is 1. The van der Waals surface area contributed by atoms with Crippen LogP contribution in [0.5, 0.6) is 0 Å². The number of ketones is 1. The molecule has 0 radical (unpaired) electrons. The molecule has 0 aliphatic carbocycles. The van der Waals surface area contributed by atoms with E-state index >= 15 is 0 Å². The molecule has 98 valence electrons. The van der Waals surface area contributed by atoms with Crippen molar-refractivity contribution in [3.63, 3.8) is 0 Å². The van der Waals surface area contributed by atoms with Crippen molar-refractivity contribution >= 4 is 5.78 Å². The molecule has 0 N–H and O–H groups in total. The predicted molar refractivity (Wildman–Crippen MR) is 70.2 cm³/mol. The lowest BCUT2D eigenvalue weighted by atomic mass is 9.91. The molecule has 1 aromatic rings. The third-order valence-electron chi connectivity index (χ3n) is 4.03. The normalized spacial score (nSPS) is 25.1. The molecule has 0 bridgehead atoms. The minimum absolute atomic E-state index is 0.117. The van der Waals surface area contributed by atoms with Gasteiger partial charge in [-0.25, -0.2) is 4.39 Å². The lowest BCUT2D eigenvalue weighted by Crippen LogP contribution is -2.45. The highest BCUT2D eigenvalue weighted by Crippen LogP contribution is 2.23. The Labute approximate surface area is 108 Å². The van der Waals surface area contributed by atoms with Crippen LogP contribution in [0.25, 0.3) is 0 Å². The summed E-state index contributed by atoms with van der Waals surface area (Å²) in [6.45, 7) is 5.63. The lowest BCUT2D eigenvalue weighted by Gasteiger charge is -2.37. The van der Waals surface area contributed by atoms with Gasteiger partial charge in [-0.1, -0.05) is 19.1 Å². The van der Waals surface area contributed by atoms with Gasteiger partial charge >= 0.3 is 0 Å². The number of likely N-dealkylation sites (tertiary alicyclic amines) is 1. The van der Waals surface area contributed by atoms with Gasteiger partial charge < -0.3 is 0 Å². The Morgan fingerprint density at radius 3 is 2.83 bits per heavy atom. The fraction of sp³-hybridized carbons (Fsp3) is 0.533. The molecule has 1 aromatic carbocycles. The Bertz CT molecular complexity index is 432. The number of hydrogen-bond acceptors (Lipinski definition) is 2. The van der Waals surface area contributed by atoms with Crippen molar-refractivity contribution in [1.29, 1.82) is 0 Å². The van der Waals surface area contributed by atoms with Crippen LogP contribution in [0.1, 0.15) is 37.0 Å². The van der Waals surface area contributed by atoms with E-state index in [2.05, 4.69) is 18.7 Å². The lowest BCUT2D eigenvalue weighted by molar-refractivity contribution is 0.0776. The largest absolute Gasteiger partial charge is 0.293 e. The SMILES string of the molecule is CC1CCCN(CC(=O)c2ccccc2F)C1C. The molecule has 0 saturated carbocycles. The van der Waals surface area contributed by atoms with Crippen LogP contribution in [0, 0.1) is 11.7 Å². The molecule has 2 rings (SSSR count). The number of benzene rings is 1. The van der Waals surface area contributed by atoms with Crippen molar-refractivity contribution in [2.45, 2.75) is 32.7 Å². The third kappa shape index (κ3) is 2.78. The molecule has 0 spiro atoms. The highest BCUT2D eigenvalue weighted by atomic mass is 19.1. The molecule has 1 aliphatic heterocycles. The first-order valence-corrected chi connectivity index (χ1v) is 6.61. The highest BCUT2D eigenvalue weighted by Gasteiger charge is 2.26. The van der Waals surface area contributed by atoms with Gasteiger partial charge in [-0.3, -0.25) is 9.69 Å². The van der Waals surface area contributed by atoms with E-state index in [9.17, 15) is 9.18 Å². The summed E-state index contributed by atoms with van der Waals surface area (Å²) in [5, 5.41) is 0. The van der Waals surface area contributed by atoms with Crippen LogP contribution in [0.4, 0.5) is 4.39 Å². The Kier molecular flexibility index (Phi) is 4.12. The summed E-state index contributed by atoms with van der Waals surface area (Å²) in [7, 11) is 0. The van der Waals surface area contributed by atoms with Crippen molar-refractivity contribution in [1.82, 2.24) is 4.90 Å². The summed E-state index contributed by atoms with van der Waals surface area (Å²) in [6.07, 6.45) is 2.33. The van der Waals surface area contributed by atoms with Crippen molar-refractivity contribution in [2.24, 2.45) is 5.92 Å². The topological polar surface area (TPSA) is 20.3 Å². The molecule has 1 heterocycles. The molecule has 18 heavy (non-hydrogen) atoms. The summed E-state index contributed by atoms with van der Waals surface area (Å²) in [4.78, 5) is 14.3. The number of piperidine rings is 1. The van der Waals surface area contributed by atoms with Gasteiger partial charge in [0.2, 0.25) is 0 Å². The maximum atomic E-state index is 13.5. The second kappa shape index (κ2) is 5.61. The van der Waals surface area contributed by atoms with Gasteiger partial charge in [0.1, 0.15) is 5.82 Å². The van der Waals surface area contributed by atoms with Crippen molar-refractivity contribution in [2.75, 3.05) is 13.1 Å². The molecular weight excluding hydrogens is 229 g/mol. The van der Waals surface area contributed by atoms with Gasteiger partial charge in [0.05, 0.1) is 12.1 Å². The van der Waals surface area contributed by atoms with E-state index < -0.39 is 5.82 Å². The van der Waals surface area contributed by atoms with E-state index in [0.29, 0.717) is 18.5 Å². The zero-order chi connectivity index (χ0) is 13.1. The van der Waals surface area contributed by atoms with Gasteiger partial charge in [-0.2, -0.15) is 0 Å². The molecule has 3 heteroatoms. The molecule has 1 fully saturated rings. The quantitative estimate of drug-likeness (QED) is 0.767. The number of rotatable bonds is 3. The highest BCUT2D eigenvalue weighted by molar-refractivity contribution is 5.97. The van der Waals surface area contributed by atoms with Crippen LogP contribution >= 0.6 is 0 Å². The summed E-state index contributed by atoms with van der Waals surface area (Å²) >= 11 is 0. The van der Waals surface area contributed by atoms with Crippen LogP contribution in [0.15, 0.2) is 24.3 Å². The van der Waals surface area contributed by atoms with E-state index in [1.807, 2.05) is 0 Å². The number of hydrogen-bond donors (Lipinski definition) is 0. The maximum absolute atomic E-state index is 13.5. The minimum Gasteiger partial charge on any atom is -0.293 e. The summed E-state index contributed by atoms with van der Waals surface area (Å²) < 4.78 is 13.5. The Morgan fingerprint density at radius 2 is 2.11 bits per heavy atom. The first kappa shape index (κ1) is 13.2.